The molecular formula is C15H15FN2OS2. The highest BCUT2D eigenvalue weighted by Gasteiger charge is 2.07. The molecule has 3 nitrogen and oxygen atoms in total. The number of nitrogen functional groups attached to an aromatic ring is 1. The van der Waals surface area contributed by atoms with Crippen molar-refractivity contribution in [2.45, 2.75) is 9.79 Å². The second-order valence-electron chi connectivity index (χ2n) is 4.26. The third-order valence-corrected chi connectivity index (χ3v) is 4.42. The van der Waals surface area contributed by atoms with Crippen molar-refractivity contribution in [3.63, 3.8) is 0 Å². The van der Waals surface area contributed by atoms with Crippen LogP contribution < -0.4 is 11.1 Å². The van der Waals surface area contributed by atoms with Crippen LogP contribution in [0.4, 0.5) is 15.8 Å². The first-order chi connectivity index (χ1) is 10.1. The van der Waals surface area contributed by atoms with E-state index in [4.69, 9.17) is 5.73 Å². The van der Waals surface area contributed by atoms with E-state index in [1.807, 2.05) is 30.5 Å². The summed E-state index contributed by atoms with van der Waals surface area (Å²) < 4.78 is 13.2. The van der Waals surface area contributed by atoms with Crippen LogP contribution in [-0.4, -0.2) is 17.9 Å². The lowest BCUT2D eigenvalue weighted by Gasteiger charge is -2.09. The summed E-state index contributed by atoms with van der Waals surface area (Å²) in [6.07, 6.45) is 1.95. The van der Waals surface area contributed by atoms with E-state index in [9.17, 15) is 9.18 Å². The largest absolute Gasteiger partial charge is 0.399 e. The molecule has 0 aliphatic rings. The summed E-state index contributed by atoms with van der Waals surface area (Å²) in [6.45, 7) is 0. The maximum absolute atomic E-state index is 13.2. The molecule has 0 aliphatic heterocycles. The van der Waals surface area contributed by atoms with Gasteiger partial charge in [0.15, 0.2) is 0 Å². The van der Waals surface area contributed by atoms with Crippen molar-refractivity contribution in [1.82, 2.24) is 0 Å². The number of carbonyl (C=O) groups excluding carboxylic acids is 1. The van der Waals surface area contributed by atoms with Crippen molar-refractivity contribution in [3.8, 4) is 0 Å². The Hall–Kier alpha value is -1.66. The maximum Gasteiger partial charge on any atom is 0.234 e. The van der Waals surface area contributed by atoms with E-state index in [0.29, 0.717) is 10.6 Å². The van der Waals surface area contributed by atoms with Gasteiger partial charge in [-0.05, 0) is 36.6 Å². The van der Waals surface area contributed by atoms with Crippen LogP contribution in [0, 0.1) is 5.82 Å². The fourth-order valence-corrected chi connectivity index (χ4v) is 3.09. The van der Waals surface area contributed by atoms with Crippen LogP contribution in [0.25, 0.3) is 0 Å². The predicted molar refractivity (Wildman–Crippen MR) is 88.4 cm³/mol. The molecule has 2 rings (SSSR count). The van der Waals surface area contributed by atoms with Crippen molar-refractivity contribution in [2.75, 3.05) is 23.1 Å². The van der Waals surface area contributed by atoms with E-state index >= 15 is 0 Å². The molecule has 2 aromatic rings. The number of anilines is 2. The summed E-state index contributed by atoms with van der Waals surface area (Å²) >= 11 is 2.82. The van der Waals surface area contributed by atoms with Crippen molar-refractivity contribution in [3.05, 3.63) is 48.3 Å². The molecule has 110 valence electrons. The Morgan fingerprint density at radius 2 is 2.05 bits per heavy atom. The van der Waals surface area contributed by atoms with Gasteiger partial charge in [0, 0.05) is 15.5 Å². The number of thioether (sulfide) groups is 2. The lowest BCUT2D eigenvalue weighted by Crippen LogP contribution is -2.14. The lowest BCUT2D eigenvalue weighted by atomic mass is 10.3. The van der Waals surface area contributed by atoms with Gasteiger partial charge in [-0.15, -0.1) is 23.5 Å². The molecule has 0 heterocycles. The average Bonchev–Trinajstić information content (AvgIpc) is 2.45. The predicted octanol–water partition coefficient (Wildman–Crippen LogP) is 3.86. The number of nitrogens with two attached hydrogens (primary N) is 1. The Balaban J connectivity index is 1.96. The number of para-hydroxylation sites is 1. The Morgan fingerprint density at radius 1 is 1.29 bits per heavy atom. The van der Waals surface area contributed by atoms with Crippen LogP contribution in [0.2, 0.25) is 0 Å². The van der Waals surface area contributed by atoms with Gasteiger partial charge in [0.25, 0.3) is 0 Å². The standard InChI is InChI=1S/C15H15FN2OS2/c1-20-14-5-3-2-4-13(14)18-15(19)9-21-12-7-10(16)6-11(17)8-12/h2-8H,9,17H2,1H3,(H,18,19). The third kappa shape index (κ3) is 4.68. The number of nitrogens with one attached hydrogen (secondary N) is 1. The first-order valence-electron chi connectivity index (χ1n) is 6.20. The van der Waals surface area contributed by atoms with E-state index in [1.165, 1.54) is 23.9 Å². The fourth-order valence-electron chi connectivity index (χ4n) is 1.75. The van der Waals surface area contributed by atoms with Crippen LogP contribution in [0.15, 0.2) is 52.3 Å². The highest BCUT2D eigenvalue weighted by Crippen LogP contribution is 2.26. The zero-order chi connectivity index (χ0) is 15.2. The van der Waals surface area contributed by atoms with Crippen molar-refractivity contribution >= 4 is 40.8 Å². The molecule has 0 aromatic heterocycles. The summed E-state index contributed by atoms with van der Waals surface area (Å²) in [5.41, 5.74) is 6.71. The number of hydrogen-bond donors (Lipinski definition) is 2. The number of hydrogen-bond acceptors (Lipinski definition) is 4. The summed E-state index contributed by atoms with van der Waals surface area (Å²) in [6, 6.07) is 11.9. The van der Waals surface area contributed by atoms with Crippen molar-refractivity contribution < 1.29 is 9.18 Å². The molecule has 0 aliphatic carbocycles. The quantitative estimate of drug-likeness (QED) is 0.648. The zero-order valence-electron chi connectivity index (χ0n) is 11.4. The van der Waals surface area contributed by atoms with Gasteiger partial charge in [-0.3, -0.25) is 4.79 Å². The lowest BCUT2D eigenvalue weighted by molar-refractivity contribution is -0.113. The van der Waals surface area contributed by atoms with Gasteiger partial charge in [0.05, 0.1) is 11.4 Å². The minimum atomic E-state index is -0.398. The van der Waals surface area contributed by atoms with Gasteiger partial charge >= 0.3 is 0 Å². The molecule has 0 saturated carbocycles. The van der Waals surface area contributed by atoms with Crippen molar-refractivity contribution in [1.29, 1.82) is 0 Å². The van der Waals surface area contributed by atoms with Gasteiger partial charge in [0.2, 0.25) is 5.91 Å². The molecule has 1 amide bonds. The van der Waals surface area contributed by atoms with E-state index < -0.39 is 5.82 Å². The number of rotatable bonds is 5. The monoisotopic (exact) mass is 322 g/mol. The second kappa shape index (κ2) is 7.38. The molecule has 0 radical (unpaired) electrons. The third-order valence-electron chi connectivity index (χ3n) is 2.64. The van der Waals surface area contributed by atoms with Crippen molar-refractivity contribution in [2.24, 2.45) is 0 Å². The Bertz CT molecular complexity index is 629. The highest BCUT2D eigenvalue weighted by molar-refractivity contribution is 8.00. The first-order valence-corrected chi connectivity index (χ1v) is 8.41. The zero-order valence-corrected chi connectivity index (χ0v) is 13.1. The fraction of sp³-hybridized carbons (Fsp3) is 0.133. The van der Waals surface area contributed by atoms with Crippen LogP contribution in [-0.2, 0) is 4.79 Å². The smallest absolute Gasteiger partial charge is 0.234 e. The summed E-state index contributed by atoms with van der Waals surface area (Å²) in [7, 11) is 0. The average molecular weight is 322 g/mol. The summed E-state index contributed by atoms with van der Waals surface area (Å²) in [5.74, 6) is -0.332. The molecule has 21 heavy (non-hydrogen) atoms. The topological polar surface area (TPSA) is 55.1 Å². The highest BCUT2D eigenvalue weighted by atomic mass is 32.2. The van der Waals surface area contributed by atoms with Gasteiger partial charge in [-0.25, -0.2) is 4.39 Å². The van der Waals surface area contributed by atoms with E-state index in [0.717, 1.165) is 10.6 Å². The Kier molecular flexibility index (Phi) is 5.52. The van der Waals surface area contributed by atoms with Gasteiger partial charge in [0.1, 0.15) is 5.82 Å². The van der Waals surface area contributed by atoms with Crippen LogP contribution in [0.5, 0.6) is 0 Å². The van der Waals surface area contributed by atoms with E-state index in [-0.39, 0.29) is 11.7 Å². The van der Waals surface area contributed by atoms with E-state index in [2.05, 4.69) is 5.32 Å². The number of amides is 1. The minimum Gasteiger partial charge on any atom is -0.399 e. The Morgan fingerprint density at radius 3 is 2.76 bits per heavy atom. The minimum absolute atomic E-state index is 0.135. The van der Waals surface area contributed by atoms with E-state index in [1.54, 1.807) is 17.8 Å². The molecular weight excluding hydrogens is 307 g/mol. The van der Waals surface area contributed by atoms with Gasteiger partial charge < -0.3 is 11.1 Å². The molecule has 3 N–H and O–H groups in total. The SMILES string of the molecule is CSc1ccccc1NC(=O)CSc1cc(N)cc(F)c1. The van der Waals surface area contributed by atoms with Crippen LogP contribution >= 0.6 is 23.5 Å². The molecule has 0 bridgehead atoms. The second-order valence-corrected chi connectivity index (χ2v) is 6.15. The number of benzene rings is 2. The first kappa shape index (κ1) is 15.7. The normalized spacial score (nSPS) is 10.4. The molecule has 2 aromatic carbocycles. The molecule has 0 atom stereocenters. The molecule has 0 saturated heterocycles. The van der Waals surface area contributed by atoms with Gasteiger partial charge in [-0.2, -0.15) is 0 Å². The molecule has 0 fully saturated rings. The summed E-state index contributed by atoms with van der Waals surface area (Å²) in [5, 5.41) is 2.86. The number of carbonyl (C=O) groups is 1. The molecule has 0 spiro atoms. The van der Waals surface area contributed by atoms with Crippen LogP contribution in [0.1, 0.15) is 0 Å². The number of halogens is 1. The Labute approximate surface area is 131 Å². The molecule has 6 heteroatoms. The van der Waals surface area contributed by atoms with Gasteiger partial charge in [-0.1, -0.05) is 12.1 Å². The summed E-state index contributed by atoms with van der Waals surface area (Å²) in [4.78, 5) is 13.6. The molecule has 0 unspecified atom stereocenters. The van der Waals surface area contributed by atoms with Crippen LogP contribution in [0.3, 0.4) is 0 Å². The maximum atomic E-state index is 13.2.